The van der Waals surface area contributed by atoms with Gasteiger partial charge in [-0.2, -0.15) is 0 Å². The summed E-state index contributed by atoms with van der Waals surface area (Å²) in [5, 5.41) is 8.91. The van der Waals surface area contributed by atoms with E-state index in [1.165, 1.54) is 18.2 Å². The fourth-order valence-corrected chi connectivity index (χ4v) is 2.75. The molecule has 1 aliphatic heterocycles. The van der Waals surface area contributed by atoms with E-state index in [9.17, 15) is 14.0 Å². The monoisotopic (exact) mass is 335 g/mol. The normalized spacial score (nSPS) is 16.0. The van der Waals surface area contributed by atoms with Crippen LogP contribution in [0.25, 0.3) is 5.57 Å². The highest BCUT2D eigenvalue weighted by Crippen LogP contribution is 2.19. The van der Waals surface area contributed by atoms with Crippen LogP contribution in [-0.4, -0.2) is 47.7 Å². The minimum Gasteiger partial charge on any atom is -0.481 e. The first-order chi connectivity index (χ1) is 11.5. The first-order valence-corrected chi connectivity index (χ1v) is 8.01. The van der Waals surface area contributed by atoms with Gasteiger partial charge < -0.3 is 14.7 Å². The fourth-order valence-electron chi connectivity index (χ4n) is 2.75. The molecule has 1 saturated heterocycles. The van der Waals surface area contributed by atoms with Crippen LogP contribution in [0, 0.1) is 5.82 Å². The molecule has 1 aromatic carbocycles. The molecule has 0 radical (unpaired) electrons. The highest BCUT2D eigenvalue weighted by Gasteiger charge is 2.25. The van der Waals surface area contributed by atoms with Crippen LogP contribution in [-0.2, 0) is 14.3 Å². The molecular formula is C18H22FNO4. The minimum atomic E-state index is -0.931. The number of ether oxygens (including phenoxy) is 1. The van der Waals surface area contributed by atoms with Gasteiger partial charge in [0.15, 0.2) is 0 Å². The zero-order chi connectivity index (χ0) is 17.5. The fraction of sp³-hybridized carbons (Fsp3) is 0.444. The lowest BCUT2D eigenvalue weighted by molar-refractivity contribution is -0.138. The molecule has 0 unspecified atom stereocenters. The lowest BCUT2D eigenvalue weighted by Gasteiger charge is -2.33. The van der Waals surface area contributed by atoms with E-state index < -0.39 is 5.97 Å². The highest BCUT2D eigenvalue weighted by atomic mass is 19.1. The van der Waals surface area contributed by atoms with E-state index in [4.69, 9.17) is 9.84 Å². The van der Waals surface area contributed by atoms with Gasteiger partial charge >= 0.3 is 5.97 Å². The smallest absolute Gasteiger partial charge is 0.305 e. The van der Waals surface area contributed by atoms with Crippen molar-refractivity contribution in [3.8, 4) is 0 Å². The molecule has 1 aromatic rings. The Morgan fingerprint density at radius 3 is 2.50 bits per heavy atom. The predicted molar refractivity (Wildman–Crippen MR) is 87.9 cm³/mol. The number of nitrogens with zero attached hydrogens (tertiary/aromatic N) is 1. The number of carboxylic acid groups (broad SMARTS) is 1. The molecule has 0 bridgehead atoms. The summed E-state index contributed by atoms with van der Waals surface area (Å²) in [6.45, 7) is 3.10. The van der Waals surface area contributed by atoms with E-state index in [1.807, 2.05) is 0 Å². The van der Waals surface area contributed by atoms with Crippen LogP contribution >= 0.6 is 0 Å². The van der Waals surface area contributed by atoms with Crippen molar-refractivity contribution < 1.29 is 23.8 Å². The second-order valence-electron chi connectivity index (χ2n) is 5.85. The van der Waals surface area contributed by atoms with Gasteiger partial charge in [-0.1, -0.05) is 12.1 Å². The van der Waals surface area contributed by atoms with Gasteiger partial charge in [0.25, 0.3) is 0 Å². The molecular weight excluding hydrogens is 313 g/mol. The van der Waals surface area contributed by atoms with E-state index in [2.05, 4.69) is 0 Å². The van der Waals surface area contributed by atoms with E-state index in [0.29, 0.717) is 31.6 Å². The molecule has 0 atom stereocenters. The van der Waals surface area contributed by atoms with Crippen LogP contribution < -0.4 is 0 Å². The number of carbonyl (C=O) groups is 2. The average molecular weight is 335 g/mol. The standard InChI is InChI=1S/C18H22FNO4/c1-13(14-2-4-15(19)5-3-14)12-17(21)20(9-6-18(22)23)16-7-10-24-11-8-16/h2-5,12,16H,6-11H2,1H3,(H,22,23)/b13-12-. The molecule has 2 rings (SSSR count). The molecule has 1 heterocycles. The average Bonchev–Trinajstić information content (AvgIpc) is 2.56. The highest BCUT2D eigenvalue weighted by molar-refractivity contribution is 5.95. The Bertz CT molecular complexity index is 606. The van der Waals surface area contributed by atoms with Crippen LogP contribution in [0.1, 0.15) is 31.7 Å². The molecule has 0 aliphatic carbocycles. The lowest BCUT2D eigenvalue weighted by atomic mass is 10.0. The van der Waals surface area contributed by atoms with Gasteiger partial charge in [0.2, 0.25) is 5.91 Å². The maximum absolute atomic E-state index is 13.0. The Morgan fingerprint density at radius 2 is 1.92 bits per heavy atom. The van der Waals surface area contributed by atoms with Crippen molar-refractivity contribution in [1.29, 1.82) is 0 Å². The molecule has 0 aromatic heterocycles. The van der Waals surface area contributed by atoms with Crippen molar-refractivity contribution in [2.24, 2.45) is 0 Å². The topological polar surface area (TPSA) is 66.8 Å². The van der Waals surface area contributed by atoms with Gasteiger partial charge in [-0.25, -0.2) is 4.39 Å². The molecule has 24 heavy (non-hydrogen) atoms. The molecule has 0 spiro atoms. The summed E-state index contributed by atoms with van der Waals surface area (Å²) in [5.74, 6) is -1.48. The Hall–Kier alpha value is -2.21. The third-order valence-corrected chi connectivity index (χ3v) is 4.12. The zero-order valence-electron chi connectivity index (χ0n) is 13.7. The van der Waals surface area contributed by atoms with E-state index in [-0.39, 0.29) is 30.7 Å². The number of hydrogen-bond acceptors (Lipinski definition) is 3. The van der Waals surface area contributed by atoms with Crippen molar-refractivity contribution >= 4 is 17.4 Å². The van der Waals surface area contributed by atoms with E-state index in [1.54, 1.807) is 24.0 Å². The van der Waals surface area contributed by atoms with Gasteiger partial charge in [-0.3, -0.25) is 9.59 Å². The van der Waals surface area contributed by atoms with Crippen molar-refractivity contribution in [2.75, 3.05) is 19.8 Å². The maximum Gasteiger partial charge on any atom is 0.305 e. The number of carbonyl (C=O) groups excluding carboxylic acids is 1. The molecule has 0 saturated carbocycles. The van der Waals surface area contributed by atoms with E-state index >= 15 is 0 Å². The van der Waals surface area contributed by atoms with Gasteiger partial charge in [-0.05, 0) is 43.0 Å². The molecule has 1 N–H and O–H groups in total. The van der Waals surface area contributed by atoms with Gasteiger partial charge in [0.1, 0.15) is 5.82 Å². The summed E-state index contributed by atoms with van der Waals surface area (Å²) in [6.07, 6.45) is 2.81. The van der Waals surface area contributed by atoms with Crippen molar-refractivity contribution in [3.63, 3.8) is 0 Å². The Balaban J connectivity index is 2.14. The summed E-state index contributed by atoms with van der Waals surface area (Å²) >= 11 is 0. The number of hydrogen-bond donors (Lipinski definition) is 1. The molecule has 1 amide bonds. The van der Waals surface area contributed by atoms with Crippen molar-refractivity contribution in [1.82, 2.24) is 4.90 Å². The summed E-state index contributed by atoms with van der Waals surface area (Å²) < 4.78 is 18.3. The number of aliphatic carboxylic acids is 1. The molecule has 1 fully saturated rings. The van der Waals surface area contributed by atoms with Crippen LogP contribution in [0.2, 0.25) is 0 Å². The summed E-state index contributed by atoms with van der Waals surface area (Å²) in [5.41, 5.74) is 1.47. The van der Waals surface area contributed by atoms with Gasteiger partial charge in [0, 0.05) is 31.9 Å². The molecule has 130 valence electrons. The largest absolute Gasteiger partial charge is 0.481 e. The number of allylic oxidation sites excluding steroid dienone is 1. The summed E-state index contributed by atoms with van der Waals surface area (Å²) in [7, 11) is 0. The predicted octanol–water partition coefficient (Wildman–Crippen LogP) is 2.71. The molecule has 1 aliphatic rings. The van der Waals surface area contributed by atoms with Crippen LogP contribution in [0.4, 0.5) is 4.39 Å². The lowest BCUT2D eigenvalue weighted by Crippen LogP contribution is -2.43. The third-order valence-electron chi connectivity index (χ3n) is 4.12. The Labute approximate surface area is 140 Å². The van der Waals surface area contributed by atoms with Crippen molar-refractivity contribution in [3.05, 3.63) is 41.7 Å². The number of rotatable bonds is 6. The Kier molecular flexibility index (Phi) is 6.49. The number of amides is 1. The summed E-state index contributed by atoms with van der Waals surface area (Å²) in [4.78, 5) is 25.1. The van der Waals surface area contributed by atoms with Crippen LogP contribution in [0.3, 0.4) is 0 Å². The second-order valence-corrected chi connectivity index (χ2v) is 5.85. The van der Waals surface area contributed by atoms with Crippen molar-refractivity contribution in [2.45, 2.75) is 32.2 Å². The third kappa shape index (κ3) is 5.16. The van der Waals surface area contributed by atoms with Crippen LogP contribution in [0.15, 0.2) is 30.3 Å². The quantitative estimate of drug-likeness (QED) is 0.812. The van der Waals surface area contributed by atoms with Crippen LogP contribution in [0.5, 0.6) is 0 Å². The van der Waals surface area contributed by atoms with Gasteiger partial charge in [0.05, 0.1) is 6.42 Å². The number of benzene rings is 1. The molecule has 5 nitrogen and oxygen atoms in total. The minimum absolute atomic E-state index is 0.0112. The number of halogens is 1. The summed E-state index contributed by atoms with van der Waals surface area (Å²) in [6, 6.07) is 5.91. The van der Waals surface area contributed by atoms with Gasteiger partial charge in [-0.15, -0.1) is 0 Å². The number of carboxylic acids is 1. The Morgan fingerprint density at radius 1 is 1.29 bits per heavy atom. The molecule has 6 heteroatoms. The SMILES string of the molecule is C/C(=C/C(=O)N(CCC(=O)O)C1CCOCC1)c1ccc(F)cc1. The second kappa shape index (κ2) is 8.59. The zero-order valence-corrected chi connectivity index (χ0v) is 13.7. The maximum atomic E-state index is 13.0. The first kappa shape index (κ1) is 18.1. The first-order valence-electron chi connectivity index (χ1n) is 8.01. The van der Waals surface area contributed by atoms with E-state index in [0.717, 1.165) is 5.56 Å².